The molecule has 3 rings (SSSR count). The number of halogens is 2. The number of carbonyl (C=O) groups excluding carboxylic acids is 2. The predicted molar refractivity (Wildman–Crippen MR) is 154 cm³/mol. The number of rotatable bonds is 11. The summed E-state index contributed by atoms with van der Waals surface area (Å²) in [4.78, 5) is 28.2. The van der Waals surface area contributed by atoms with Crippen LogP contribution in [0.4, 0.5) is 5.69 Å². The maximum absolute atomic E-state index is 13.5. The first-order valence-corrected chi connectivity index (χ1v) is 15.6. The fourth-order valence-electron chi connectivity index (χ4n) is 4.77. The van der Waals surface area contributed by atoms with Gasteiger partial charge in [-0.25, -0.2) is 8.42 Å². The van der Waals surface area contributed by atoms with E-state index in [1.165, 1.54) is 15.6 Å². The number of amides is 2. The van der Waals surface area contributed by atoms with E-state index < -0.39 is 16.1 Å². The van der Waals surface area contributed by atoms with Crippen LogP contribution in [0.5, 0.6) is 0 Å². The minimum Gasteiger partial charge on any atom is -0.352 e. The molecule has 1 fully saturated rings. The zero-order chi connectivity index (χ0) is 27.9. The van der Waals surface area contributed by atoms with E-state index in [4.69, 9.17) is 23.2 Å². The largest absolute Gasteiger partial charge is 0.352 e. The molecule has 0 bridgehead atoms. The molecule has 1 N–H and O–H groups in total. The van der Waals surface area contributed by atoms with Gasteiger partial charge in [-0.05, 0) is 68.5 Å². The minimum absolute atomic E-state index is 0.0735. The number of nitrogens with zero attached hydrogens (tertiary/aromatic N) is 2. The van der Waals surface area contributed by atoms with Crippen molar-refractivity contribution in [1.82, 2.24) is 10.2 Å². The Kier molecular flexibility index (Phi) is 10.9. The average Bonchev–Trinajstić information content (AvgIpc) is 2.85. The second-order valence-corrected chi connectivity index (χ2v) is 12.8. The van der Waals surface area contributed by atoms with Gasteiger partial charge >= 0.3 is 0 Å². The molecule has 0 heterocycles. The molecule has 7 nitrogen and oxygen atoms in total. The summed E-state index contributed by atoms with van der Waals surface area (Å²) in [5.41, 5.74) is 2.18. The molecule has 0 radical (unpaired) electrons. The Balaban J connectivity index is 1.74. The van der Waals surface area contributed by atoms with Crippen LogP contribution in [0.2, 0.25) is 10.0 Å². The Morgan fingerprint density at radius 2 is 1.79 bits per heavy atom. The fraction of sp³-hybridized carbons (Fsp3) is 0.500. The van der Waals surface area contributed by atoms with Gasteiger partial charge in [0.2, 0.25) is 21.8 Å². The fourth-order valence-corrected chi connectivity index (χ4v) is 6.20. The lowest BCUT2D eigenvalue weighted by atomic mass is 9.95. The van der Waals surface area contributed by atoms with E-state index in [2.05, 4.69) is 5.32 Å². The Hall–Kier alpha value is -2.29. The number of anilines is 1. The van der Waals surface area contributed by atoms with E-state index in [0.29, 0.717) is 27.7 Å². The molecule has 2 aromatic rings. The zero-order valence-corrected chi connectivity index (χ0v) is 24.6. The molecule has 0 saturated heterocycles. The van der Waals surface area contributed by atoms with Crippen LogP contribution in [0.3, 0.4) is 0 Å². The van der Waals surface area contributed by atoms with E-state index in [1.807, 2.05) is 13.0 Å². The van der Waals surface area contributed by atoms with E-state index in [9.17, 15) is 18.0 Å². The van der Waals surface area contributed by atoms with Gasteiger partial charge in [0.1, 0.15) is 6.04 Å². The van der Waals surface area contributed by atoms with Crippen LogP contribution in [0.1, 0.15) is 63.0 Å². The van der Waals surface area contributed by atoms with Crippen molar-refractivity contribution in [2.75, 3.05) is 17.1 Å². The highest BCUT2D eigenvalue weighted by atomic mass is 35.5. The summed E-state index contributed by atoms with van der Waals surface area (Å²) in [6.07, 6.45) is 6.75. The summed E-state index contributed by atoms with van der Waals surface area (Å²) in [5.74, 6) is -0.451. The molecule has 1 unspecified atom stereocenters. The lowest BCUT2D eigenvalue weighted by Crippen LogP contribution is -2.50. The van der Waals surface area contributed by atoms with Crippen molar-refractivity contribution in [3.8, 4) is 0 Å². The number of aryl methyl sites for hydroxylation is 1. The number of carbonyl (C=O) groups is 2. The van der Waals surface area contributed by atoms with Crippen molar-refractivity contribution >= 4 is 50.7 Å². The molecule has 1 aliphatic carbocycles. The Morgan fingerprint density at radius 3 is 2.42 bits per heavy atom. The lowest BCUT2D eigenvalue weighted by Gasteiger charge is -2.32. The molecule has 1 saturated carbocycles. The molecule has 0 aromatic heterocycles. The summed E-state index contributed by atoms with van der Waals surface area (Å²) in [7, 11) is -3.54. The van der Waals surface area contributed by atoms with Crippen LogP contribution in [-0.4, -0.2) is 50.0 Å². The molecule has 1 atom stereocenters. The molecule has 0 aliphatic heterocycles. The molecule has 208 valence electrons. The molecule has 38 heavy (non-hydrogen) atoms. The van der Waals surface area contributed by atoms with Crippen molar-refractivity contribution in [3.05, 3.63) is 63.6 Å². The molecule has 0 spiro atoms. The molecular formula is C28H37Cl2N3O4S. The van der Waals surface area contributed by atoms with E-state index in [-0.39, 0.29) is 37.4 Å². The van der Waals surface area contributed by atoms with Crippen molar-refractivity contribution < 1.29 is 18.0 Å². The topological polar surface area (TPSA) is 86.8 Å². The maximum atomic E-state index is 13.5. The highest BCUT2D eigenvalue weighted by Crippen LogP contribution is 2.25. The Bertz CT molecular complexity index is 1230. The number of benzene rings is 2. The van der Waals surface area contributed by atoms with Crippen LogP contribution in [0, 0.1) is 6.92 Å². The van der Waals surface area contributed by atoms with Crippen molar-refractivity contribution in [2.45, 2.75) is 77.4 Å². The average molecular weight is 583 g/mol. The van der Waals surface area contributed by atoms with Gasteiger partial charge in [-0.2, -0.15) is 0 Å². The van der Waals surface area contributed by atoms with Crippen LogP contribution in [0.15, 0.2) is 42.5 Å². The van der Waals surface area contributed by atoms with Gasteiger partial charge in [-0.1, -0.05) is 60.7 Å². The molecule has 1 aliphatic rings. The van der Waals surface area contributed by atoms with E-state index >= 15 is 0 Å². The van der Waals surface area contributed by atoms with Crippen LogP contribution >= 0.6 is 23.2 Å². The summed E-state index contributed by atoms with van der Waals surface area (Å²) in [6, 6.07) is 11.7. The molecule has 2 aromatic carbocycles. The molecule has 2 amide bonds. The maximum Gasteiger partial charge on any atom is 0.242 e. The standard InChI is InChI=1S/C28H37Cl2N3O4S/c1-20-9-7-12-25(17-20)33(38(3,36)37)16-8-13-27(34)32(19-22-14-15-23(29)18-26(22)30)21(2)28(35)31-24-10-5-4-6-11-24/h7,9,12,14-15,17-18,21,24H,4-6,8,10-11,13,16,19H2,1-3H3,(H,31,35). The first kappa shape index (κ1) is 30.3. The normalized spacial score (nSPS) is 15.1. The number of nitrogens with one attached hydrogen (secondary N) is 1. The number of hydrogen-bond donors (Lipinski definition) is 1. The first-order chi connectivity index (χ1) is 18.0. The van der Waals surface area contributed by atoms with Gasteiger partial charge in [-0.3, -0.25) is 13.9 Å². The van der Waals surface area contributed by atoms with Gasteiger partial charge < -0.3 is 10.2 Å². The van der Waals surface area contributed by atoms with Gasteiger partial charge in [0.15, 0.2) is 0 Å². The highest BCUT2D eigenvalue weighted by molar-refractivity contribution is 7.92. The third-order valence-electron chi connectivity index (χ3n) is 6.92. The third kappa shape index (κ3) is 8.61. The highest BCUT2D eigenvalue weighted by Gasteiger charge is 2.29. The summed E-state index contributed by atoms with van der Waals surface area (Å²) in [5, 5.41) is 4.01. The van der Waals surface area contributed by atoms with Gasteiger partial charge in [0, 0.05) is 35.6 Å². The number of hydrogen-bond acceptors (Lipinski definition) is 4. The molecule has 10 heteroatoms. The van der Waals surface area contributed by atoms with Crippen LogP contribution in [-0.2, 0) is 26.2 Å². The minimum atomic E-state index is -3.54. The number of sulfonamides is 1. The smallest absolute Gasteiger partial charge is 0.242 e. The van der Waals surface area contributed by atoms with E-state index in [1.54, 1.807) is 43.3 Å². The van der Waals surface area contributed by atoms with Crippen molar-refractivity contribution in [3.63, 3.8) is 0 Å². The first-order valence-electron chi connectivity index (χ1n) is 13.0. The summed E-state index contributed by atoms with van der Waals surface area (Å²) >= 11 is 12.4. The molecular weight excluding hydrogens is 545 g/mol. The third-order valence-corrected chi connectivity index (χ3v) is 8.70. The second-order valence-electron chi connectivity index (χ2n) is 10.1. The summed E-state index contributed by atoms with van der Waals surface area (Å²) < 4.78 is 26.3. The van der Waals surface area contributed by atoms with Crippen molar-refractivity contribution in [2.24, 2.45) is 0 Å². The van der Waals surface area contributed by atoms with Gasteiger partial charge in [0.25, 0.3) is 0 Å². The second kappa shape index (κ2) is 13.7. The van der Waals surface area contributed by atoms with Gasteiger partial charge in [-0.15, -0.1) is 0 Å². The predicted octanol–water partition coefficient (Wildman–Crippen LogP) is 5.71. The Labute approximate surface area is 236 Å². The Morgan fingerprint density at radius 1 is 1.08 bits per heavy atom. The monoisotopic (exact) mass is 581 g/mol. The SMILES string of the molecule is Cc1cccc(N(CCCC(=O)N(Cc2ccc(Cl)cc2Cl)C(C)C(=O)NC2CCCCC2)S(C)(=O)=O)c1. The van der Waals surface area contributed by atoms with Gasteiger partial charge in [0.05, 0.1) is 11.9 Å². The van der Waals surface area contributed by atoms with Crippen LogP contribution in [0.25, 0.3) is 0 Å². The lowest BCUT2D eigenvalue weighted by molar-refractivity contribution is -0.141. The zero-order valence-electron chi connectivity index (χ0n) is 22.3. The van der Waals surface area contributed by atoms with E-state index in [0.717, 1.165) is 37.5 Å². The summed E-state index contributed by atoms with van der Waals surface area (Å²) in [6.45, 7) is 3.90. The quantitative estimate of drug-likeness (QED) is 0.368. The van der Waals surface area contributed by atoms with Crippen molar-refractivity contribution in [1.29, 1.82) is 0 Å². The van der Waals surface area contributed by atoms with Crippen LogP contribution < -0.4 is 9.62 Å².